The van der Waals surface area contributed by atoms with Crippen molar-refractivity contribution in [2.45, 2.75) is 13.8 Å². The maximum Gasteiger partial charge on any atom is 0.290 e. The fourth-order valence-electron chi connectivity index (χ4n) is 0.517. The number of thiol groups is 2. The number of hydrogen-bond donors (Lipinski definition) is 4. The smallest absolute Gasteiger partial charge is 0.290 e. The molecule has 0 aromatic heterocycles. The Balaban J connectivity index is -0.000000209. The first-order valence-electron chi connectivity index (χ1n) is 3.66. The molecule has 0 fully saturated rings. The van der Waals surface area contributed by atoms with Crippen LogP contribution in [0.3, 0.4) is 0 Å². The average Bonchev–Trinajstić information content (AvgIpc) is 1.98. The molecule has 0 aliphatic rings. The standard InChI is InChI=1S/C5H12N2OS.CH3NOS.Ag/c1-3-7(4-2)6-5(8)9;2-1(3)4;/h3-4H2,1-2H3,(H2,6,8,9);(H3,2,3,4);. The first-order chi connectivity index (χ1) is 5.93. The van der Waals surface area contributed by atoms with Crippen molar-refractivity contribution < 1.29 is 32.0 Å². The van der Waals surface area contributed by atoms with Gasteiger partial charge in [-0.1, -0.05) is 39.1 Å². The van der Waals surface area contributed by atoms with Crippen LogP contribution in [0.5, 0.6) is 0 Å². The first-order valence-corrected chi connectivity index (χ1v) is 4.56. The summed E-state index contributed by atoms with van der Waals surface area (Å²) in [4.78, 5) is 19.4. The Bertz CT molecular complexity index is 163. The number of nitrogens with two attached hydrogens (primary N) is 1. The summed E-state index contributed by atoms with van der Waals surface area (Å²) in [5.74, 6) is 0. The number of nitrogens with zero attached hydrogens (tertiary/aromatic N) is 1. The van der Waals surface area contributed by atoms with Crippen molar-refractivity contribution in [1.82, 2.24) is 10.4 Å². The van der Waals surface area contributed by atoms with Crippen molar-refractivity contribution in [3.63, 3.8) is 0 Å². The maximum absolute atomic E-state index is 10.3. The molecule has 0 bridgehead atoms. The van der Waals surface area contributed by atoms with Gasteiger partial charge in [0.1, 0.15) is 0 Å². The second kappa shape index (κ2) is 13.3. The molecule has 0 rings (SSSR count). The Kier molecular flexibility index (Phi) is 18.9. The number of primary amides is 1. The van der Waals surface area contributed by atoms with Crippen molar-refractivity contribution in [2.24, 2.45) is 5.73 Å². The summed E-state index contributed by atoms with van der Waals surface area (Å²) >= 11 is 6.66. The first kappa shape index (κ1) is 19.8. The molecule has 5 nitrogen and oxygen atoms in total. The summed E-state index contributed by atoms with van der Waals surface area (Å²) in [5, 5.41) is 0.828. The number of hydrazine groups is 1. The molecule has 0 heterocycles. The third-order valence-electron chi connectivity index (χ3n) is 1.02. The molecule has 14 heavy (non-hydrogen) atoms. The summed E-state index contributed by atoms with van der Waals surface area (Å²) in [6.45, 7) is 5.55. The van der Waals surface area contributed by atoms with Crippen molar-refractivity contribution in [1.29, 1.82) is 0 Å². The Morgan fingerprint density at radius 1 is 1.29 bits per heavy atom. The maximum atomic E-state index is 10.3. The molecule has 0 aromatic rings. The molecule has 2 amide bonds. The molecule has 0 unspecified atom stereocenters. The Morgan fingerprint density at radius 2 is 1.57 bits per heavy atom. The zero-order chi connectivity index (χ0) is 10.9. The van der Waals surface area contributed by atoms with Gasteiger partial charge in [0.2, 0.25) is 0 Å². The second-order valence-corrected chi connectivity index (χ2v) is 2.77. The van der Waals surface area contributed by atoms with Gasteiger partial charge in [0.15, 0.2) is 0 Å². The van der Waals surface area contributed by atoms with Gasteiger partial charge in [0, 0.05) is 35.5 Å². The van der Waals surface area contributed by atoms with Crippen LogP contribution < -0.4 is 11.2 Å². The number of hydrogen-bond acceptors (Lipinski definition) is 3. The van der Waals surface area contributed by atoms with Crippen LogP contribution in [0.1, 0.15) is 13.8 Å². The van der Waals surface area contributed by atoms with Crippen LogP contribution in [0.15, 0.2) is 0 Å². The van der Waals surface area contributed by atoms with Crippen molar-refractivity contribution in [2.75, 3.05) is 13.1 Å². The fraction of sp³-hybridized carbons (Fsp3) is 0.667. The normalized spacial score (nSPS) is 8.07. The van der Waals surface area contributed by atoms with E-state index in [1.165, 1.54) is 0 Å². The summed E-state index contributed by atoms with van der Waals surface area (Å²) in [6.07, 6.45) is 0. The van der Waals surface area contributed by atoms with Gasteiger partial charge in [0.25, 0.3) is 10.5 Å². The monoisotopic (exact) mass is 332 g/mol. The molecule has 89 valence electrons. The van der Waals surface area contributed by atoms with E-state index in [0.717, 1.165) is 13.1 Å². The van der Waals surface area contributed by atoms with Gasteiger partial charge in [-0.3, -0.25) is 15.0 Å². The van der Waals surface area contributed by atoms with Crippen LogP contribution in [0, 0.1) is 0 Å². The van der Waals surface area contributed by atoms with Crippen molar-refractivity contribution in [3.05, 3.63) is 0 Å². The van der Waals surface area contributed by atoms with Crippen LogP contribution in [-0.4, -0.2) is 28.6 Å². The minimum Gasteiger partial charge on any atom is -0.361 e. The largest absolute Gasteiger partial charge is 0.361 e. The van der Waals surface area contributed by atoms with E-state index in [1.54, 1.807) is 5.01 Å². The van der Waals surface area contributed by atoms with Crippen LogP contribution in [0.25, 0.3) is 0 Å². The number of rotatable bonds is 3. The Hall–Kier alpha value is 0.340. The van der Waals surface area contributed by atoms with Gasteiger partial charge in [-0.15, -0.1) is 0 Å². The molecule has 0 aromatic carbocycles. The predicted octanol–water partition coefficient (Wildman–Crippen LogP) is 0.875. The topological polar surface area (TPSA) is 75.4 Å². The Labute approximate surface area is 110 Å². The van der Waals surface area contributed by atoms with E-state index in [1.807, 2.05) is 13.8 Å². The molecule has 3 N–H and O–H groups in total. The number of carbonyl (C=O) groups is 2. The molecule has 0 aliphatic carbocycles. The van der Waals surface area contributed by atoms with Gasteiger partial charge >= 0.3 is 0 Å². The summed E-state index contributed by atoms with van der Waals surface area (Å²) in [6, 6.07) is 0. The second-order valence-electron chi connectivity index (χ2n) is 1.93. The van der Waals surface area contributed by atoms with Crippen molar-refractivity contribution in [3.8, 4) is 0 Å². The van der Waals surface area contributed by atoms with E-state index in [9.17, 15) is 4.79 Å². The molecule has 0 saturated carbocycles. The van der Waals surface area contributed by atoms with Gasteiger partial charge in [0.05, 0.1) is 0 Å². The summed E-state index contributed by atoms with van der Waals surface area (Å²) in [5.41, 5.74) is 6.87. The molecule has 0 saturated heterocycles. The van der Waals surface area contributed by atoms with Crippen molar-refractivity contribution >= 4 is 35.7 Å². The van der Waals surface area contributed by atoms with Gasteiger partial charge in [-0.25, -0.2) is 5.01 Å². The quantitative estimate of drug-likeness (QED) is 0.352. The Morgan fingerprint density at radius 3 is 1.64 bits per heavy atom. The molecular formula is C6H15AgN3O2S2. The van der Waals surface area contributed by atoms with Crippen LogP contribution in [0.2, 0.25) is 0 Å². The SMILES string of the molecule is CCN(CC)NC(=O)S.NC(=O)S.[Ag]. The zero-order valence-corrected chi connectivity index (χ0v) is 11.2. The fourth-order valence-corrected chi connectivity index (χ4v) is 0.658. The van der Waals surface area contributed by atoms with Crippen LogP contribution >= 0.6 is 25.3 Å². The van der Waals surface area contributed by atoms with Crippen LogP contribution in [0.4, 0.5) is 9.59 Å². The van der Waals surface area contributed by atoms with Gasteiger partial charge in [-0.05, 0) is 0 Å². The molecule has 0 atom stereocenters. The van der Waals surface area contributed by atoms with Gasteiger partial charge in [-0.2, -0.15) is 0 Å². The minimum atomic E-state index is -0.639. The predicted molar refractivity (Wildman–Crippen MR) is 59.0 cm³/mol. The van der Waals surface area contributed by atoms with Crippen LogP contribution in [-0.2, 0) is 22.4 Å². The third kappa shape index (κ3) is 22.8. The number of amides is 2. The van der Waals surface area contributed by atoms with E-state index in [0.29, 0.717) is 0 Å². The molecule has 0 aliphatic heterocycles. The third-order valence-corrected chi connectivity index (χ3v) is 1.12. The van der Waals surface area contributed by atoms with E-state index in [4.69, 9.17) is 4.79 Å². The van der Waals surface area contributed by atoms with Gasteiger partial charge < -0.3 is 5.73 Å². The molecule has 0 spiro atoms. The number of nitrogens with one attached hydrogen (secondary N) is 1. The molecule has 1 radical (unpaired) electrons. The molecular weight excluding hydrogens is 318 g/mol. The van der Waals surface area contributed by atoms with E-state index in [2.05, 4.69) is 36.4 Å². The minimum absolute atomic E-state index is 0. The van der Waals surface area contributed by atoms with E-state index < -0.39 is 5.24 Å². The number of carbonyl (C=O) groups excluding carboxylic acids is 2. The zero-order valence-electron chi connectivity index (χ0n) is 7.95. The van der Waals surface area contributed by atoms with E-state index >= 15 is 0 Å². The van der Waals surface area contributed by atoms with E-state index in [-0.39, 0.29) is 27.6 Å². The summed E-state index contributed by atoms with van der Waals surface area (Å²) < 4.78 is 0. The average molecular weight is 333 g/mol. The molecule has 8 heteroatoms. The summed E-state index contributed by atoms with van der Waals surface area (Å²) in [7, 11) is 0.